The van der Waals surface area contributed by atoms with Crippen molar-refractivity contribution in [3.63, 3.8) is 0 Å². The Morgan fingerprint density at radius 1 is 0.783 bits per heavy atom. The van der Waals surface area contributed by atoms with E-state index in [0.717, 1.165) is 55.9 Å². The Morgan fingerprint density at radius 3 is 1.80 bits per heavy atom. The number of hydrogen-bond donors (Lipinski definition) is 0. The minimum Gasteiger partial charge on any atom is -0.373 e. The Hall–Kier alpha value is -5.36. The van der Waals surface area contributed by atoms with E-state index in [2.05, 4.69) is 34.5 Å². The van der Waals surface area contributed by atoms with Crippen LogP contribution in [0.15, 0.2) is 72.2 Å². The molecule has 1 saturated heterocycles. The number of nitriles is 1. The number of likely N-dealkylation sites (tertiary alicyclic amines) is 1. The van der Waals surface area contributed by atoms with Crippen molar-refractivity contribution in [3.8, 4) is 6.07 Å². The van der Waals surface area contributed by atoms with Gasteiger partial charge in [-0.1, -0.05) is 89.7 Å². The van der Waals surface area contributed by atoms with Gasteiger partial charge in [-0.3, -0.25) is 38.3 Å². The predicted molar refractivity (Wildman–Crippen MR) is 286 cm³/mol. The first-order chi connectivity index (χ1) is 32.5. The van der Waals surface area contributed by atoms with Crippen LogP contribution in [0.3, 0.4) is 0 Å². The molecule has 380 valence electrons. The second kappa shape index (κ2) is 37.5. The zero-order valence-corrected chi connectivity index (χ0v) is 46.4. The van der Waals surface area contributed by atoms with Crippen molar-refractivity contribution in [2.75, 3.05) is 53.6 Å². The number of carbonyl (C=O) groups is 4. The predicted octanol–water partition coefficient (Wildman–Crippen LogP) is 8.57. The fourth-order valence-electron chi connectivity index (χ4n) is 5.74. The molecule has 1 aliphatic heterocycles. The highest BCUT2D eigenvalue weighted by Crippen LogP contribution is 2.22. The molecule has 0 aliphatic carbocycles. The number of hydrogen-bond acceptors (Lipinski definition) is 10. The molecule has 17 heteroatoms. The Labute approximate surface area is 423 Å². The average Bonchev–Trinajstić information content (AvgIpc) is 3.91. The van der Waals surface area contributed by atoms with Crippen LogP contribution in [0.2, 0.25) is 0 Å². The van der Waals surface area contributed by atoms with Crippen LogP contribution in [0.5, 0.6) is 0 Å². The topological polar surface area (TPSA) is 164 Å². The molecule has 0 N–H and O–H groups in total. The van der Waals surface area contributed by atoms with Crippen molar-refractivity contribution in [1.82, 2.24) is 39.5 Å². The van der Waals surface area contributed by atoms with Gasteiger partial charge in [-0.15, -0.1) is 0 Å². The van der Waals surface area contributed by atoms with Crippen LogP contribution in [0.1, 0.15) is 149 Å². The second-order valence-electron chi connectivity index (χ2n) is 16.0. The van der Waals surface area contributed by atoms with E-state index < -0.39 is 16.1 Å². The lowest BCUT2D eigenvalue weighted by atomic mass is 9.58. The van der Waals surface area contributed by atoms with E-state index in [1.807, 2.05) is 99.2 Å². The molecule has 4 radical (unpaired) electrons. The maximum Gasteiger partial charge on any atom is 0.272 e. The molecule has 1 unspecified atom stereocenters. The largest absolute Gasteiger partial charge is 0.373 e. The zero-order chi connectivity index (χ0) is 54.0. The van der Waals surface area contributed by atoms with Crippen molar-refractivity contribution >= 4 is 50.1 Å². The van der Waals surface area contributed by atoms with Gasteiger partial charge in [-0.05, 0) is 68.1 Å². The summed E-state index contributed by atoms with van der Waals surface area (Å²) in [6, 6.07) is 12.4. The highest BCUT2D eigenvalue weighted by Gasteiger charge is 2.31. The third-order valence-corrected chi connectivity index (χ3v) is 11.2. The first kappa shape index (κ1) is 67.9. The van der Waals surface area contributed by atoms with Crippen LogP contribution in [0.4, 0.5) is 0 Å². The van der Waals surface area contributed by atoms with Gasteiger partial charge in [0.1, 0.15) is 5.69 Å². The normalized spacial score (nSPS) is 11.4. The van der Waals surface area contributed by atoms with Gasteiger partial charge in [0.15, 0.2) is 0 Å². The lowest BCUT2D eigenvalue weighted by Gasteiger charge is -2.37. The number of allylic oxidation sites excluding steroid dienone is 1. The lowest BCUT2D eigenvalue weighted by Crippen LogP contribution is -2.50. The minimum atomic E-state index is -1.53. The van der Waals surface area contributed by atoms with Crippen LogP contribution in [0, 0.1) is 23.2 Å². The zero-order valence-electron chi connectivity index (χ0n) is 45.6. The van der Waals surface area contributed by atoms with Gasteiger partial charge in [0.05, 0.1) is 50.4 Å². The fourth-order valence-corrected chi connectivity index (χ4v) is 6.52. The monoisotopic (exact) mass is 970 g/mol. The van der Waals surface area contributed by atoms with Gasteiger partial charge in [0.2, 0.25) is 17.7 Å². The molecule has 1 aliphatic rings. The maximum absolute atomic E-state index is 12.2. The number of amides is 4. The highest BCUT2D eigenvalue weighted by atomic mass is 32.2. The van der Waals surface area contributed by atoms with Gasteiger partial charge in [0.25, 0.3) is 5.91 Å². The SMILES string of the molecule is C=C(C)N(C)Cc1cc(C#N)ccn1.CC.CC.CC.CC(=O)N(C)Cc1ccnc(C(=O)N2CCCC2)c1.CCCN(C)C(=O)C(C)C.[B]C([B])(c1cc(S(=O)CC)ccn1)N(C)C(=O)C(C)C. The molecule has 4 amide bonds. The summed E-state index contributed by atoms with van der Waals surface area (Å²) in [6.07, 6.45) is 7.96. The number of nitrogens with zero attached hydrogens (tertiary/aromatic N) is 9. The highest BCUT2D eigenvalue weighted by molar-refractivity contribution is 7.85. The Balaban J connectivity index is -0.000000832. The van der Waals surface area contributed by atoms with Crippen molar-refractivity contribution in [1.29, 1.82) is 5.26 Å². The van der Waals surface area contributed by atoms with E-state index in [0.29, 0.717) is 40.7 Å². The van der Waals surface area contributed by atoms with Crippen molar-refractivity contribution < 1.29 is 23.4 Å². The third-order valence-electron chi connectivity index (χ3n) is 9.87. The molecule has 1 atom stereocenters. The van der Waals surface area contributed by atoms with Crippen LogP contribution in [-0.2, 0) is 43.6 Å². The van der Waals surface area contributed by atoms with Crippen molar-refractivity contribution in [2.24, 2.45) is 11.8 Å². The van der Waals surface area contributed by atoms with Crippen LogP contribution < -0.4 is 0 Å². The van der Waals surface area contributed by atoms with Gasteiger partial charge in [0, 0.05) is 119 Å². The summed E-state index contributed by atoms with van der Waals surface area (Å²) in [6.45, 7) is 34.3. The quantitative estimate of drug-likeness (QED) is 0.143. The smallest absolute Gasteiger partial charge is 0.272 e. The summed E-state index contributed by atoms with van der Waals surface area (Å²) >= 11 is 0. The first-order valence-electron chi connectivity index (χ1n) is 24.1. The average molecular weight is 970 g/mol. The third kappa shape index (κ3) is 25.7. The lowest BCUT2D eigenvalue weighted by molar-refractivity contribution is -0.135. The summed E-state index contributed by atoms with van der Waals surface area (Å²) in [5.74, 6) is 0.456. The Morgan fingerprint density at radius 2 is 1.32 bits per heavy atom. The van der Waals surface area contributed by atoms with E-state index in [1.165, 1.54) is 25.1 Å². The summed E-state index contributed by atoms with van der Waals surface area (Å²) in [4.78, 5) is 68.1. The Bertz CT molecular complexity index is 2040. The molecule has 4 rings (SSSR count). The van der Waals surface area contributed by atoms with Gasteiger partial charge < -0.3 is 24.5 Å². The standard InChI is InChI=1S/C14H19N3O2.C13H18B2N2O2S.C11H13N3.C8H17NO.3C2H6/c1-11(18)16(2)10-12-5-6-15-13(9-12)14(19)17-7-3-4-8-17;1-5-20(19)10-6-7-16-11(8-10)13(14,15)17(4)12(18)9(2)3;1-9(2)14(3)8-11-6-10(7-12)4-5-13-11;1-5-6-9(4)8(10)7(2)3;3*1-2/h5-6,9H,3-4,7-8,10H2,1-2H3;6-9H,5H2,1-4H3;4-6H,1,8H2,2-3H3;7H,5-6H2,1-4H3;3*1-2H3. The molecule has 14 nitrogen and oxygen atoms in total. The molecule has 0 aromatic carbocycles. The van der Waals surface area contributed by atoms with Crippen molar-refractivity contribution in [3.05, 3.63) is 95.5 Å². The molecule has 0 saturated carbocycles. The molecule has 69 heavy (non-hydrogen) atoms. The summed E-state index contributed by atoms with van der Waals surface area (Å²) < 4.78 is 11.8. The van der Waals surface area contributed by atoms with E-state index in [9.17, 15) is 23.4 Å². The Kier molecular flexibility index (Phi) is 36.9. The van der Waals surface area contributed by atoms with E-state index in [1.54, 1.807) is 73.4 Å². The summed E-state index contributed by atoms with van der Waals surface area (Å²) in [5, 5.41) is 7.16. The molecule has 4 heterocycles. The molecular weight excluding hydrogens is 884 g/mol. The number of carbonyl (C=O) groups excluding carboxylic acids is 4. The van der Waals surface area contributed by atoms with E-state index in [-0.39, 0.29) is 35.5 Å². The molecule has 0 bridgehead atoms. The van der Waals surface area contributed by atoms with Crippen molar-refractivity contribution in [2.45, 2.75) is 140 Å². The first-order valence-corrected chi connectivity index (χ1v) is 25.5. The molecular formula is C52H85B2N9O5S. The van der Waals surface area contributed by atoms with Crippen LogP contribution >= 0.6 is 0 Å². The molecule has 1 fully saturated rings. The number of pyridine rings is 3. The molecule has 0 spiro atoms. The minimum absolute atomic E-state index is 0.00392. The molecule has 3 aromatic rings. The second-order valence-corrected chi connectivity index (χ2v) is 17.7. The van der Waals surface area contributed by atoms with Gasteiger partial charge >= 0.3 is 0 Å². The fraction of sp³-hybridized carbons (Fsp3) is 0.577. The van der Waals surface area contributed by atoms with E-state index in [4.69, 9.17) is 21.0 Å². The molecule has 3 aromatic heterocycles. The number of aromatic nitrogens is 3. The van der Waals surface area contributed by atoms with Crippen LogP contribution in [0.25, 0.3) is 0 Å². The van der Waals surface area contributed by atoms with E-state index >= 15 is 0 Å². The van der Waals surface area contributed by atoms with Gasteiger partial charge in [-0.25, -0.2) is 0 Å². The maximum atomic E-state index is 12.2. The van der Waals surface area contributed by atoms with Crippen LogP contribution in [-0.4, -0.2) is 137 Å². The number of rotatable bonds is 14. The van der Waals surface area contributed by atoms with Gasteiger partial charge in [-0.2, -0.15) is 5.26 Å². The summed E-state index contributed by atoms with van der Waals surface area (Å²) in [5.41, 5.74) is 4.22. The summed E-state index contributed by atoms with van der Waals surface area (Å²) in [7, 11) is 18.1.